The minimum Gasteiger partial charge on any atom is -0.475 e. The van der Waals surface area contributed by atoms with Crippen LogP contribution in [0.25, 0.3) is 11.1 Å². The Morgan fingerprint density at radius 3 is 2.03 bits per heavy atom. The van der Waals surface area contributed by atoms with Crippen LogP contribution < -0.4 is 10.6 Å². The number of benzene rings is 2. The van der Waals surface area contributed by atoms with Gasteiger partial charge >= 0.3 is 12.1 Å². The number of carbonyl (C=O) groups excluding carboxylic acids is 1. The number of aryl methyl sites for hydroxylation is 1. The summed E-state index contributed by atoms with van der Waals surface area (Å²) >= 11 is 0. The summed E-state index contributed by atoms with van der Waals surface area (Å²) in [6, 6.07) is 18.4. The van der Waals surface area contributed by atoms with Gasteiger partial charge in [-0.3, -0.25) is 4.79 Å². The minimum absolute atomic E-state index is 0.0612. The number of rotatable bonds is 6. The van der Waals surface area contributed by atoms with Crippen LogP contribution in [-0.4, -0.2) is 41.8 Å². The van der Waals surface area contributed by atoms with Gasteiger partial charge in [-0.1, -0.05) is 61.9 Å². The first-order chi connectivity index (χ1) is 16.1. The van der Waals surface area contributed by atoms with Crippen LogP contribution >= 0.6 is 0 Å². The lowest BCUT2D eigenvalue weighted by Crippen LogP contribution is -2.49. The summed E-state index contributed by atoms with van der Waals surface area (Å²) in [5.74, 6) is -2.82. The highest BCUT2D eigenvalue weighted by molar-refractivity contribution is 5.82. The molecule has 2 aromatic rings. The molecule has 1 fully saturated rings. The van der Waals surface area contributed by atoms with E-state index in [0.717, 1.165) is 43.4 Å². The summed E-state index contributed by atoms with van der Waals surface area (Å²) < 4.78 is 31.7. The number of piperidine rings is 1. The van der Waals surface area contributed by atoms with Gasteiger partial charge in [0.15, 0.2) is 0 Å². The molecule has 1 saturated heterocycles. The molecule has 0 bridgehead atoms. The molecule has 0 radical (unpaired) electrons. The molecule has 182 valence electrons. The van der Waals surface area contributed by atoms with Crippen molar-refractivity contribution < 1.29 is 27.9 Å². The van der Waals surface area contributed by atoms with Crippen molar-refractivity contribution in [1.29, 1.82) is 5.26 Å². The maximum Gasteiger partial charge on any atom is 0.490 e. The van der Waals surface area contributed by atoms with E-state index in [1.54, 1.807) is 0 Å². The molecule has 1 aliphatic heterocycles. The number of carboxylic acids is 1. The number of amides is 1. The zero-order chi connectivity index (χ0) is 25.1. The molecule has 1 heterocycles. The molecule has 1 aliphatic rings. The highest BCUT2D eigenvalue weighted by Crippen LogP contribution is 2.21. The average Bonchev–Trinajstić information content (AvgIpc) is 2.84. The van der Waals surface area contributed by atoms with Crippen molar-refractivity contribution in [2.45, 2.75) is 57.3 Å². The molecular formula is C25H28F3N3O3. The predicted molar refractivity (Wildman–Crippen MR) is 122 cm³/mol. The largest absolute Gasteiger partial charge is 0.490 e. The number of carboxylic acid groups (broad SMARTS) is 1. The second-order valence-corrected chi connectivity index (χ2v) is 7.95. The summed E-state index contributed by atoms with van der Waals surface area (Å²) in [4.78, 5) is 21.2. The van der Waals surface area contributed by atoms with Gasteiger partial charge in [-0.25, -0.2) is 4.79 Å². The molecule has 1 amide bonds. The number of halogens is 3. The van der Waals surface area contributed by atoms with Gasteiger partial charge in [0, 0.05) is 6.42 Å². The van der Waals surface area contributed by atoms with Crippen molar-refractivity contribution in [3.8, 4) is 17.2 Å². The van der Waals surface area contributed by atoms with Gasteiger partial charge < -0.3 is 15.7 Å². The fourth-order valence-corrected chi connectivity index (χ4v) is 3.48. The summed E-state index contributed by atoms with van der Waals surface area (Å²) in [5.41, 5.74) is 4.72. The molecule has 3 N–H and O–H groups in total. The molecule has 9 heteroatoms. The Morgan fingerprint density at radius 2 is 1.62 bits per heavy atom. The first-order valence-corrected chi connectivity index (χ1v) is 11.1. The summed E-state index contributed by atoms with van der Waals surface area (Å²) in [6.07, 6.45) is -0.516. The Hall–Kier alpha value is -3.38. The molecule has 3 rings (SSSR count). The van der Waals surface area contributed by atoms with Gasteiger partial charge in [0.2, 0.25) is 5.91 Å². The highest BCUT2D eigenvalue weighted by atomic mass is 19.4. The molecule has 0 aromatic heterocycles. The fraction of sp³-hybridized carbons (Fsp3) is 0.400. The van der Waals surface area contributed by atoms with Crippen LogP contribution in [0.1, 0.15) is 37.3 Å². The molecule has 0 aliphatic carbocycles. The van der Waals surface area contributed by atoms with E-state index in [9.17, 15) is 23.2 Å². The third-order valence-electron chi connectivity index (χ3n) is 5.43. The molecular weight excluding hydrogens is 447 g/mol. The van der Waals surface area contributed by atoms with Gasteiger partial charge in [0.25, 0.3) is 0 Å². The minimum atomic E-state index is -5.08. The van der Waals surface area contributed by atoms with Crippen molar-refractivity contribution in [3.05, 3.63) is 59.7 Å². The van der Waals surface area contributed by atoms with Crippen molar-refractivity contribution in [1.82, 2.24) is 10.6 Å². The van der Waals surface area contributed by atoms with Crippen LogP contribution in [0.3, 0.4) is 0 Å². The summed E-state index contributed by atoms with van der Waals surface area (Å²) in [6.45, 7) is 3.02. The van der Waals surface area contributed by atoms with Gasteiger partial charge in [0.05, 0.1) is 12.1 Å². The number of nitriles is 1. The Labute approximate surface area is 196 Å². The average molecular weight is 476 g/mol. The number of alkyl halides is 3. The topological polar surface area (TPSA) is 102 Å². The number of carbonyl (C=O) groups is 2. The normalized spacial score (nSPS) is 16.4. The fourth-order valence-electron chi connectivity index (χ4n) is 3.48. The van der Waals surface area contributed by atoms with E-state index in [2.05, 4.69) is 60.0 Å². The van der Waals surface area contributed by atoms with Crippen molar-refractivity contribution in [3.63, 3.8) is 0 Å². The number of aliphatic carboxylic acids is 1. The molecule has 0 spiro atoms. The van der Waals surface area contributed by atoms with Crippen LogP contribution in [0.4, 0.5) is 13.2 Å². The second kappa shape index (κ2) is 12.8. The van der Waals surface area contributed by atoms with Crippen molar-refractivity contribution in [2.24, 2.45) is 0 Å². The zero-order valence-electron chi connectivity index (χ0n) is 18.9. The molecule has 2 atom stereocenters. The number of hydrogen-bond acceptors (Lipinski definition) is 4. The lowest BCUT2D eigenvalue weighted by molar-refractivity contribution is -0.192. The summed E-state index contributed by atoms with van der Waals surface area (Å²) in [5, 5.41) is 22.7. The monoisotopic (exact) mass is 475 g/mol. The molecule has 0 unspecified atom stereocenters. The van der Waals surface area contributed by atoms with Crippen LogP contribution in [0, 0.1) is 11.3 Å². The molecule has 2 aromatic carbocycles. The standard InChI is InChI=1S/C23H27N3O.C2HF3O2/c1-2-17-6-10-19(11-7-17)20-12-8-18(9-13-20)15-21(16-24)26-23(27)22-5-3-4-14-25-22;3-2(4,5)1(6)7/h6-13,21-22,25H,2-5,14-15H2,1H3,(H,26,27);(H,6,7)/t21-,22-;/m0./s1. The van der Waals surface area contributed by atoms with Crippen molar-refractivity contribution in [2.75, 3.05) is 6.54 Å². The van der Waals surface area contributed by atoms with E-state index in [1.165, 1.54) is 11.1 Å². The van der Waals surface area contributed by atoms with E-state index in [-0.39, 0.29) is 11.9 Å². The number of nitrogens with zero attached hydrogens (tertiary/aromatic N) is 1. The Kier molecular flexibility index (Phi) is 10.1. The van der Waals surface area contributed by atoms with Crippen LogP contribution in [0.5, 0.6) is 0 Å². The Bertz CT molecular complexity index is 978. The molecule has 6 nitrogen and oxygen atoms in total. The number of nitrogens with one attached hydrogen (secondary N) is 2. The van der Waals surface area contributed by atoms with Gasteiger partial charge in [-0.15, -0.1) is 0 Å². The van der Waals surface area contributed by atoms with E-state index in [1.807, 2.05) is 12.1 Å². The van der Waals surface area contributed by atoms with Crippen LogP contribution in [0.15, 0.2) is 48.5 Å². The molecule has 34 heavy (non-hydrogen) atoms. The second-order valence-electron chi connectivity index (χ2n) is 7.95. The smallest absolute Gasteiger partial charge is 0.475 e. The van der Waals surface area contributed by atoms with E-state index < -0.39 is 18.2 Å². The van der Waals surface area contributed by atoms with E-state index in [0.29, 0.717) is 6.42 Å². The third kappa shape index (κ3) is 8.52. The van der Waals surface area contributed by atoms with Gasteiger partial charge in [0.1, 0.15) is 6.04 Å². The maximum atomic E-state index is 12.3. The van der Waals surface area contributed by atoms with E-state index >= 15 is 0 Å². The maximum absolute atomic E-state index is 12.3. The zero-order valence-corrected chi connectivity index (χ0v) is 18.9. The Morgan fingerprint density at radius 1 is 1.09 bits per heavy atom. The molecule has 0 saturated carbocycles. The van der Waals surface area contributed by atoms with E-state index in [4.69, 9.17) is 9.90 Å². The first-order valence-electron chi connectivity index (χ1n) is 11.1. The first kappa shape index (κ1) is 26.9. The van der Waals surface area contributed by atoms with Gasteiger partial charge in [-0.05, 0) is 48.1 Å². The highest BCUT2D eigenvalue weighted by Gasteiger charge is 2.38. The lowest BCUT2D eigenvalue weighted by Gasteiger charge is -2.23. The van der Waals surface area contributed by atoms with Crippen LogP contribution in [-0.2, 0) is 22.4 Å². The predicted octanol–water partition coefficient (Wildman–Crippen LogP) is 4.24. The van der Waals surface area contributed by atoms with Gasteiger partial charge in [-0.2, -0.15) is 18.4 Å². The number of hydrogen-bond donors (Lipinski definition) is 3. The SMILES string of the molecule is CCc1ccc(-c2ccc(C[C@@H](C#N)NC(=O)[C@@H]3CCCCN3)cc2)cc1.O=C(O)C(F)(F)F. The summed E-state index contributed by atoms with van der Waals surface area (Å²) in [7, 11) is 0. The lowest BCUT2D eigenvalue weighted by atomic mass is 9.99. The van der Waals surface area contributed by atoms with Crippen LogP contribution in [0.2, 0.25) is 0 Å². The Balaban J connectivity index is 0.000000509. The van der Waals surface area contributed by atoms with Crippen molar-refractivity contribution >= 4 is 11.9 Å². The third-order valence-corrected chi connectivity index (χ3v) is 5.43. The quantitative estimate of drug-likeness (QED) is 0.580.